The van der Waals surface area contributed by atoms with Gasteiger partial charge in [-0.05, 0) is 56.6 Å². The van der Waals surface area contributed by atoms with Gasteiger partial charge in [-0.1, -0.05) is 37.6 Å². The van der Waals surface area contributed by atoms with Crippen molar-refractivity contribution in [1.82, 2.24) is 9.88 Å². The third kappa shape index (κ3) is 4.64. The number of carbonyl (C=O) groups is 2. The Kier molecular flexibility index (Phi) is 6.22. The van der Waals surface area contributed by atoms with Crippen molar-refractivity contribution in [2.24, 2.45) is 22.6 Å². The molecule has 0 aliphatic carbocycles. The summed E-state index contributed by atoms with van der Waals surface area (Å²) in [6.07, 6.45) is 7.56. The number of nitrogens with two attached hydrogens (primary N) is 1. The lowest BCUT2D eigenvalue weighted by atomic mass is 9.83. The van der Waals surface area contributed by atoms with Crippen molar-refractivity contribution in [2.45, 2.75) is 58.4 Å². The monoisotopic (exact) mass is 434 g/mol. The number of rotatable bonds is 5. The van der Waals surface area contributed by atoms with Crippen LogP contribution in [0.5, 0.6) is 0 Å². The van der Waals surface area contributed by atoms with Crippen LogP contribution in [0.1, 0.15) is 63.2 Å². The minimum atomic E-state index is -0.731. The fourth-order valence-electron chi connectivity index (χ4n) is 5.25. The Bertz CT molecular complexity index is 1070. The molecule has 4 rings (SSSR count). The molecule has 3 N–H and O–H groups in total. The number of piperidine rings is 1. The van der Waals surface area contributed by atoms with E-state index in [0.29, 0.717) is 30.5 Å². The number of H-pyrrole nitrogens is 1. The average molecular weight is 435 g/mol. The molecule has 0 radical (unpaired) electrons. The quantitative estimate of drug-likeness (QED) is 0.727. The summed E-state index contributed by atoms with van der Waals surface area (Å²) in [5.74, 6) is 1.53. The van der Waals surface area contributed by atoms with Crippen molar-refractivity contribution < 1.29 is 9.59 Å². The van der Waals surface area contributed by atoms with E-state index in [9.17, 15) is 9.59 Å². The van der Waals surface area contributed by atoms with Crippen LogP contribution in [-0.2, 0) is 4.79 Å². The molecule has 0 bridgehead atoms. The van der Waals surface area contributed by atoms with E-state index in [-0.39, 0.29) is 11.7 Å². The average Bonchev–Trinajstić information content (AvgIpc) is 3.13. The maximum Gasteiger partial charge on any atom is 0.256 e. The number of amides is 1. The summed E-state index contributed by atoms with van der Waals surface area (Å²) >= 11 is 0. The van der Waals surface area contributed by atoms with Crippen LogP contribution >= 0.6 is 0 Å². The molecule has 1 fully saturated rings. The molecule has 6 heteroatoms. The van der Waals surface area contributed by atoms with Crippen LogP contribution in [0.15, 0.2) is 47.1 Å². The molecule has 2 aromatic rings. The van der Waals surface area contributed by atoms with Crippen LogP contribution in [0.3, 0.4) is 0 Å². The van der Waals surface area contributed by atoms with E-state index in [0.717, 1.165) is 54.4 Å². The largest absolute Gasteiger partial charge is 0.384 e. The molecular weight excluding hydrogens is 400 g/mol. The number of carbonyl (C=O) groups excluding carboxylic acids is 2. The van der Waals surface area contributed by atoms with E-state index in [4.69, 9.17) is 5.73 Å². The van der Waals surface area contributed by atoms with Gasteiger partial charge in [0.1, 0.15) is 11.4 Å². The minimum Gasteiger partial charge on any atom is -0.384 e. The smallest absolute Gasteiger partial charge is 0.256 e. The molecule has 1 amide bonds. The van der Waals surface area contributed by atoms with Crippen LogP contribution in [-0.4, -0.2) is 46.0 Å². The number of hydrogen-bond acceptors (Lipinski definition) is 4. The summed E-state index contributed by atoms with van der Waals surface area (Å²) in [5, 5.41) is 0.973. The van der Waals surface area contributed by atoms with Crippen molar-refractivity contribution in [1.29, 1.82) is 0 Å². The lowest BCUT2D eigenvalue weighted by Crippen LogP contribution is -2.38. The molecule has 170 valence electrons. The van der Waals surface area contributed by atoms with Gasteiger partial charge >= 0.3 is 0 Å². The molecule has 6 nitrogen and oxygen atoms in total. The first kappa shape index (κ1) is 22.3. The number of amidine groups is 1. The fraction of sp³-hybridized carbons (Fsp3) is 0.500. The third-order valence-electron chi connectivity index (χ3n) is 6.79. The van der Waals surface area contributed by atoms with Gasteiger partial charge in [0.25, 0.3) is 5.91 Å². The van der Waals surface area contributed by atoms with Gasteiger partial charge in [0.2, 0.25) is 0 Å². The van der Waals surface area contributed by atoms with Crippen LogP contribution < -0.4 is 5.73 Å². The highest BCUT2D eigenvalue weighted by atomic mass is 16.2. The van der Waals surface area contributed by atoms with Crippen molar-refractivity contribution in [2.75, 3.05) is 13.1 Å². The first-order chi connectivity index (χ1) is 15.2. The van der Waals surface area contributed by atoms with Crippen LogP contribution in [0.25, 0.3) is 10.9 Å². The van der Waals surface area contributed by atoms with Crippen molar-refractivity contribution in [3.05, 3.63) is 47.7 Å². The Balaban J connectivity index is 1.37. The minimum absolute atomic E-state index is 0.0885. The zero-order valence-electron chi connectivity index (χ0n) is 19.4. The third-order valence-corrected chi connectivity index (χ3v) is 6.79. The molecule has 2 aliphatic heterocycles. The van der Waals surface area contributed by atoms with E-state index in [2.05, 4.69) is 23.8 Å². The molecule has 1 saturated heterocycles. The molecule has 1 aromatic heterocycles. The number of aromatic amines is 1. The summed E-state index contributed by atoms with van der Waals surface area (Å²) in [6, 6.07) is 7.90. The summed E-state index contributed by atoms with van der Waals surface area (Å²) in [5.41, 5.74) is 8.24. The first-order valence-corrected chi connectivity index (χ1v) is 11.7. The zero-order chi connectivity index (χ0) is 22.9. The number of hydrogen-bond donors (Lipinski definition) is 2. The van der Waals surface area contributed by atoms with Gasteiger partial charge in [-0.3, -0.25) is 14.6 Å². The van der Waals surface area contributed by atoms with E-state index in [1.165, 1.54) is 0 Å². The Morgan fingerprint density at radius 2 is 2.00 bits per heavy atom. The number of aromatic nitrogens is 1. The van der Waals surface area contributed by atoms with Gasteiger partial charge in [-0.2, -0.15) is 0 Å². The standard InChI is InChI=1S/C26H34N4O2/c1-17(2)15-26(3)23(31)13-19(14-24(27)29-26)12-18-8-10-30(11-9-18)25(32)21-16-28-22-7-5-4-6-20(21)22/h4-7,14,16-18,28H,8-13,15H2,1-3H3,(H2,27,29). The Morgan fingerprint density at radius 3 is 2.72 bits per heavy atom. The topological polar surface area (TPSA) is 91.5 Å². The fourth-order valence-corrected chi connectivity index (χ4v) is 5.25. The summed E-state index contributed by atoms with van der Waals surface area (Å²) < 4.78 is 0. The van der Waals surface area contributed by atoms with E-state index < -0.39 is 5.54 Å². The van der Waals surface area contributed by atoms with Crippen LogP contribution in [0.4, 0.5) is 0 Å². The number of allylic oxidation sites excluding steroid dienone is 1. The number of aliphatic imine (C=N–C) groups is 1. The summed E-state index contributed by atoms with van der Waals surface area (Å²) in [6.45, 7) is 7.59. The van der Waals surface area contributed by atoms with Crippen LogP contribution in [0, 0.1) is 11.8 Å². The predicted octanol–water partition coefficient (Wildman–Crippen LogP) is 4.47. The molecule has 1 aromatic carbocycles. The molecule has 2 aliphatic rings. The second kappa shape index (κ2) is 8.93. The number of likely N-dealkylation sites (tertiary alicyclic amines) is 1. The lowest BCUT2D eigenvalue weighted by molar-refractivity contribution is -0.123. The normalized spacial score (nSPS) is 22.8. The summed E-state index contributed by atoms with van der Waals surface area (Å²) in [7, 11) is 0. The summed E-state index contributed by atoms with van der Waals surface area (Å²) in [4.78, 5) is 35.8. The second-order valence-corrected chi connectivity index (χ2v) is 10.00. The Hall–Kier alpha value is -2.89. The van der Waals surface area contributed by atoms with Gasteiger partial charge in [0.05, 0.1) is 5.56 Å². The lowest BCUT2D eigenvalue weighted by Gasteiger charge is -2.32. The number of benzene rings is 1. The Labute approximate surface area is 190 Å². The second-order valence-electron chi connectivity index (χ2n) is 10.00. The molecule has 0 spiro atoms. The molecule has 1 atom stereocenters. The van der Waals surface area contributed by atoms with Gasteiger partial charge in [-0.15, -0.1) is 0 Å². The molecule has 32 heavy (non-hydrogen) atoms. The number of fused-ring (bicyclic) bond motifs is 1. The molecule has 1 unspecified atom stereocenters. The SMILES string of the molecule is CC(C)CC1(C)N=C(N)C=C(CC2CCN(C(=O)c3c[nH]c4ccccc34)CC2)CC1=O. The maximum absolute atomic E-state index is 13.1. The number of Topliss-reactive ketones (excluding diaryl/α,β-unsaturated/α-hetero) is 1. The Morgan fingerprint density at radius 1 is 1.28 bits per heavy atom. The molecule has 3 heterocycles. The number of ketones is 1. The highest BCUT2D eigenvalue weighted by molar-refractivity contribution is 6.06. The zero-order valence-corrected chi connectivity index (χ0v) is 19.4. The van der Waals surface area contributed by atoms with Gasteiger partial charge in [-0.25, -0.2) is 0 Å². The maximum atomic E-state index is 13.1. The number of nitrogens with zero attached hydrogens (tertiary/aromatic N) is 2. The van der Waals surface area contributed by atoms with E-state index in [1.54, 1.807) is 0 Å². The van der Waals surface area contributed by atoms with Crippen LogP contribution in [0.2, 0.25) is 0 Å². The van der Waals surface area contributed by atoms with Crippen molar-refractivity contribution in [3.63, 3.8) is 0 Å². The van der Waals surface area contributed by atoms with Gasteiger partial charge < -0.3 is 15.6 Å². The van der Waals surface area contributed by atoms with Gasteiger partial charge in [0.15, 0.2) is 5.78 Å². The number of para-hydroxylation sites is 1. The van der Waals surface area contributed by atoms with Gasteiger partial charge in [0, 0.05) is 36.6 Å². The molecular formula is C26H34N4O2. The van der Waals surface area contributed by atoms with Crippen molar-refractivity contribution in [3.8, 4) is 0 Å². The van der Waals surface area contributed by atoms with E-state index in [1.807, 2.05) is 48.4 Å². The first-order valence-electron chi connectivity index (χ1n) is 11.7. The van der Waals surface area contributed by atoms with E-state index >= 15 is 0 Å². The number of nitrogens with one attached hydrogen (secondary N) is 1. The molecule has 0 saturated carbocycles. The highest BCUT2D eigenvalue weighted by Crippen LogP contribution is 2.32. The highest BCUT2D eigenvalue weighted by Gasteiger charge is 2.36. The van der Waals surface area contributed by atoms with Crippen molar-refractivity contribution >= 4 is 28.4 Å². The predicted molar refractivity (Wildman–Crippen MR) is 129 cm³/mol.